The molecule has 7 nitrogen and oxygen atoms in total. The van der Waals surface area contributed by atoms with Gasteiger partial charge in [-0.15, -0.1) is 4.40 Å². The van der Waals surface area contributed by atoms with Crippen LogP contribution in [0.4, 0.5) is 0 Å². The Labute approximate surface area is 143 Å². The molecule has 0 unspecified atom stereocenters. The van der Waals surface area contributed by atoms with E-state index >= 15 is 0 Å². The fourth-order valence-electron chi connectivity index (χ4n) is 2.20. The zero-order valence-corrected chi connectivity index (χ0v) is 14.0. The number of nitrogens with zero attached hydrogens (tertiary/aromatic N) is 2. The lowest BCUT2D eigenvalue weighted by Gasteiger charge is -2.06. The largest absolute Gasteiger partial charge is 0.504 e. The Morgan fingerprint density at radius 1 is 1.33 bits per heavy atom. The van der Waals surface area contributed by atoms with Gasteiger partial charge in [-0.25, -0.2) is 0 Å². The number of amidine groups is 1. The quantitative estimate of drug-likeness (QED) is 0.641. The van der Waals surface area contributed by atoms with Gasteiger partial charge in [0.05, 0.1) is 13.3 Å². The Balaban J connectivity index is 1.88. The lowest BCUT2D eigenvalue weighted by atomic mass is 10.2. The highest BCUT2D eigenvalue weighted by Crippen LogP contribution is 2.32. The number of halogens is 1. The van der Waals surface area contributed by atoms with Crippen LogP contribution in [0.5, 0.6) is 11.5 Å². The van der Waals surface area contributed by atoms with Gasteiger partial charge in [0.25, 0.3) is 10.0 Å². The van der Waals surface area contributed by atoms with E-state index in [1.807, 2.05) is 0 Å². The van der Waals surface area contributed by atoms with E-state index in [0.717, 1.165) is 0 Å². The van der Waals surface area contributed by atoms with Crippen LogP contribution in [0.3, 0.4) is 0 Å². The summed E-state index contributed by atoms with van der Waals surface area (Å²) < 4.78 is 32.5. The van der Waals surface area contributed by atoms with Gasteiger partial charge in [0.15, 0.2) is 17.3 Å². The molecule has 124 valence electrons. The first kappa shape index (κ1) is 16.3. The minimum absolute atomic E-state index is 0.107. The molecule has 0 fully saturated rings. The summed E-state index contributed by atoms with van der Waals surface area (Å²) in [7, 11) is -2.31. The summed E-state index contributed by atoms with van der Waals surface area (Å²) in [6, 6.07) is 9.38. The molecular formula is C15H12ClN3O4S. The highest BCUT2D eigenvalue weighted by Gasteiger charge is 2.28. The summed E-state index contributed by atoms with van der Waals surface area (Å²) in [4.78, 5) is 0.120. The normalized spacial score (nSPS) is 15.2. The molecule has 1 aliphatic rings. The first-order valence-corrected chi connectivity index (χ1v) is 8.54. The number of sulfonamides is 1. The highest BCUT2D eigenvalue weighted by atomic mass is 35.5. The third-order valence-electron chi connectivity index (χ3n) is 3.29. The van der Waals surface area contributed by atoms with E-state index in [-0.39, 0.29) is 22.2 Å². The smallest absolute Gasteiger partial charge is 0.285 e. The van der Waals surface area contributed by atoms with Crippen molar-refractivity contribution in [1.29, 1.82) is 0 Å². The van der Waals surface area contributed by atoms with Crippen molar-refractivity contribution in [2.24, 2.45) is 9.50 Å². The van der Waals surface area contributed by atoms with Crippen molar-refractivity contribution in [3.8, 4) is 11.5 Å². The lowest BCUT2D eigenvalue weighted by molar-refractivity contribution is 0.373. The number of methoxy groups -OCH3 is 1. The van der Waals surface area contributed by atoms with Gasteiger partial charge in [-0.05, 0) is 18.2 Å². The SMILES string of the molecule is COc1cc(Cl)cc(/C=N\NC2=NS(=O)(=O)c3ccccc32)c1O. The minimum Gasteiger partial charge on any atom is -0.504 e. The van der Waals surface area contributed by atoms with Gasteiger partial charge in [-0.3, -0.25) is 5.43 Å². The number of aromatic hydroxyl groups is 1. The molecule has 2 aromatic carbocycles. The molecule has 0 aromatic heterocycles. The molecular weight excluding hydrogens is 354 g/mol. The molecule has 2 aromatic rings. The second-order valence-electron chi connectivity index (χ2n) is 4.83. The average Bonchev–Trinajstić information content (AvgIpc) is 2.82. The van der Waals surface area contributed by atoms with Gasteiger partial charge in [0, 0.05) is 22.2 Å². The second kappa shape index (κ2) is 6.14. The van der Waals surface area contributed by atoms with E-state index in [0.29, 0.717) is 16.1 Å². The van der Waals surface area contributed by atoms with Crippen LogP contribution in [-0.2, 0) is 10.0 Å². The average molecular weight is 366 g/mol. The van der Waals surface area contributed by atoms with E-state index < -0.39 is 10.0 Å². The summed E-state index contributed by atoms with van der Waals surface area (Å²) in [6.45, 7) is 0. The van der Waals surface area contributed by atoms with Crippen LogP contribution in [0.2, 0.25) is 5.02 Å². The molecule has 0 amide bonds. The molecule has 1 heterocycles. The van der Waals surface area contributed by atoms with Gasteiger partial charge in [-0.2, -0.15) is 13.5 Å². The molecule has 2 N–H and O–H groups in total. The van der Waals surface area contributed by atoms with Crippen molar-refractivity contribution in [2.75, 3.05) is 7.11 Å². The summed E-state index contributed by atoms with van der Waals surface area (Å²) >= 11 is 5.93. The summed E-state index contributed by atoms with van der Waals surface area (Å²) in [6.07, 6.45) is 1.29. The predicted octanol–water partition coefficient (Wildman–Crippen LogP) is 2.13. The van der Waals surface area contributed by atoms with Gasteiger partial charge >= 0.3 is 0 Å². The van der Waals surface area contributed by atoms with Crippen LogP contribution in [0.1, 0.15) is 11.1 Å². The number of fused-ring (bicyclic) bond motifs is 1. The van der Waals surface area contributed by atoms with E-state index in [4.69, 9.17) is 16.3 Å². The summed E-state index contributed by atoms with van der Waals surface area (Å²) in [5, 5.41) is 14.3. The lowest BCUT2D eigenvalue weighted by Crippen LogP contribution is -2.17. The van der Waals surface area contributed by atoms with Gasteiger partial charge in [-0.1, -0.05) is 23.7 Å². The van der Waals surface area contributed by atoms with Crippen molar-refractivity contribution < 1.29 is 18.3 Å². The Morgan fingerprint density at radius 2 is 2.08 bits per heavy atom. The first-order valence-electron chi connectivity index (χ1n) is 6.72. The Morgan fingerprint density at radius 3 is 2.83 bits per heavy atom. The highest BCUT2D eigenvalue weighted by molar-refractivity contribution is 7.90. The monoisotopic (exact) mass is 365 g/mol. The van der Waals surface area contributed by atoms with Crippen LogP contribution in [0, 0.1) is 0 Å². The molecule has 0 aliphatic carbocycles. The van der Waals surface area contributed by atoms with Crippen LogP contribution < -0.4 is 10.2 Å². The fourth-order valence-corrected chi connectivity index (χ4v) is 3.59. The number of hydrogen-bond acceptors (Lipinski definition) is 6. The van der Waals surface area contributed by atoms with Crippen LogP contribution in [0.25, 0.3) is 0 Å². The number of benzene rings is 2. The van der Waals surface area contributed by atoms with E-state index in [2.05, 4.69) is 14.9 Å². The summed E-state index contributed by atoms with van der Waals surface area (Å²) in [5.41, 5.74) is 3.31. The van der Waals surface area contributed by atoms with Gasteiger partial charge < -0.3 is 9.84 Å². The molecule has 0 spiro atoms. The first-order chi connectivity index (χ1) is 11.4. The number of phenols is 1. The summed E-state index contributed by atoms with van der Waals surface area (Å²) in [5.74, 6) is 0.180. The molecule has 1 aliphatic heterocycles. The van der Waals surface area contributed by atoms with Crippen molar-refractivity contribution >= 4 is 33.7 Å². The number of nitrogens with one attached hydrogen (secondary N) is 1. The molecule has 0 atom stereocenters. The Kier molecular flexibility index (Phi) is 4.16. The fraction of sp³-hybridized carbons (Fsp3) is 0.0667. The maximum Gasteiger partial charge on any atom is 0.285 e. The molecule has 0 bridgehead atoms. The number of phenolic OH excluding ortho intramolecular Hbond substituents is 1. The maximum absolute atomic E-state index is 11.9. The Hall–Kier alpha value is -2.58. The molecule has 0 radical (unpaired) electrons. The Bertz CT molecular complexity index is 971. The number of rotatable bonds is 3. The number of hydrogen-bond donors (Lipinski definition) is 2. The van der Waals surface area contributed by atoms with E-state index in [1.165, 1.54) is 31.5 Å². The molecule has 9 heteroatoms. The van der Waals surface area contributed by atoms with Gasteiger partial charge in [0.2, 0.25) is 0 Å². The third-order valence-corrected chi connectivity index (χ3v) is 4.85. The molecule has 0 saturated heterocycles. The van der Waals surface area contributed by atoms with Crippen LogP contribution in [-0.4, -0.2) is 32.7 Å². The topological polar surface area (TPSA) is 100 Å². The van der Waals surface area contributed by atoms with Crippen molar-refractivity contribution in [3.05, 3.63) is 52.5 Å². The van der Waals surface area contributed by atoms with E-state index in [9.17, 15) is 13.5 Å². The zero-order valence-electron chi connectivity index (χ0n) is 12.4. The number of hydrazone groups is 1. The molecule has 0 saturated carbocycles. The van der Waals surface area contributed by atoms with E-state index in [1.54, 1.807) is 18.2 Å². The molecule has 3 rings (SSSR count). The maximum atomic E-state index is 11.9. The minimum atomic E-state index is -3.71. The zero-order chi connectivity index (χ0) is 17.3. The van der Waals surface area contributed by atoms with Crippen LogP contribution in [0.15, 0.2) is 50.8 Å². The standard InChI is InChI=1S/C15H12ClN3O4S/c1-23-12-7-10(16)6-9(14(12)20)8-17-18-15-11-4-2-3-5-13(11)24(21,22)19-15/h2-8,20H,1H3,(H,18,19)/b17-8-. The van der Waals surface area contributed by atoms with Gasteiger partial charge in [0.1, 0.15) is 4.90 Å². The molecule has 24 heavy (non-hydrogen) atoms. The third kappa shape index (κ3) is 2.93. The number of ether oxygens (including phenoxy) is 1. The van der Waals surface area contributed by atoms with Crippen molar-refractivity contribution in [3.63, 3.8) is 0 Å². The van der Waals surface area contributed by atoms with Crippen LogP contribution >= 0.6 is 11.6 Å². The second-order valence-corrected chi connectivity index (χ2v) is 6.84. The predicted molar refractivity (Wildman–Crippen MR) is 90.6 cm³/mol. The van der Waals surface area contributed by atoms with Crippen molar-refractivity contribution in [2.45, 2.75) is 4.90 Å². The van der Waals surface area contributed by atoms with Crippen molar-refractivity contribution in [1.82, 2.24) is 5.43 Å².